The van der Waals surface area contributed by atoms with Gasteiger partial charge in [0.1, 0.15) is 6.04 Å². The maximum absolute atomic E-state index is 11.3. The lowest BCUT2D eigenvalue weighted by molar-refractivity contribution is -0.143. The number of hydrogen-bond acceptors (Lipinski definition) is 3. The van der Waals surface area contributed by atoms with Gasteiger partial charge in [0.2, 0.25) is 0 Å². The van der Waals surface area contributed by atoms with Crippen molar-refractivity contribution in [3.8, 4) is 0 Å². The zero-order valence-corrected chi connectivity index (χ0v) is 8.25. The highest BCUT2D eigenvalue weighted by atomic mass is 16.5. The summed E-state index contributed by atoms with van der Waals surface area (Å²) in [5.41, 5.74) is 0. The van der Waals surface area contributed by atoms with Gasteiger partial charge >= 0.3 is 5.97 Å². The standard InChI is InChI=1S/C10H17NO2/c1-4-7(2)11-9(8-5-6-8)10(12)13-3/h4,7-9,11H,1,5-6H2,2-3H3. The van der Waals surface area contributed by atoms with E-state index in [9.17, 15) is 4.79 Å². The Balaban J connectivity index is 2.46. The number of rotatable bonds is 5. The molecule has 74 valence electrons. The van der Waals surface area contributed by atoms with Crippen LogP contribution in [-0.2, 0) is 9.53 Å². The molecule has 0 bridgehead atoms. The highest BCUT2D eigenvalue weighted by Crippen LogP contribution is 2.33. The van der Waals surface area contributed by atoms with Crippen molar-refractivity contribution in [2.24, 2.45) is 5.92 Å². The average molecular weight is 183 g/mol. The second-order valence-corrected chi connectivity index (χ2v) is 3.53. The highest BCUT2D eigenvalue weighted by Gasteiger charge is 2.37. The topological polar surface area (TPSA) is 38.3 Å². The Labute approximate surface area is 79.2 Å². The molecule has 0 spiro atoms. The first-order valence-corrected chi connectivity index (χ1v) is 4.65. The average Bonchev–Trinajstić information content (AvgIpc) is 2.95. The van der Waals surface area contributed by atoms with E-state index in [0.717, 1.165) is 12.8 Å². The van der Waals surface area contributed by atoms with Crippen LogP contribution in [0.3, 0.4) is 0 Å². The van der Waals surface area contributed by atoms with Gasteiger partial charge in [-0.2, -0.15) is 0 Å². The van der Waals surface area contributed by atoms with Crippen molar-refractivity contribution in [2.45, 2.75) is 31.8 Å². The van der Waals surface area contributed by atoms with E-state index in [1.807, 2.05) is 6.92 Å². The quantitative estimate of drug-likeness (QED) is 0.512. The number of carbonyl (C=O) groups is 1. The molecule has 2 atom stereocenters. The molecule has 1 saturated carbocycles. The fourth-order valence-corrected chi connectivity index (χ4v) is 1.30. The van der Waals surface area contributed by atoms with E-state index < -0.39 is 0 Å². The second-order valence-electron chi connectivity index (χ2n) is 3.53. The summed E-state index contributed by atoms with van der Waals surface area (Å²) >= 11 is 0. The normalized spacial score (nSPS) is 20.5. The summed E-state index contributed by atoms with van der Waals surface area (Å²) in [6, 6.07) is 0.0164. The number of nitrogens with one attached hydrogen (secondary N) is 1. The Kier molecular flexibility index (Phi) is 3.48. The number of methoxy groups -OCH3 is 1. The third-order valence-corrected chi connectivity index (χ3v) is 2.34. The number of esters is 1. The lowest BCUT2D eigenvalue weighted by Crippen LogP contribution is -2.43. The van der Waals surface area contributed by atoms with Crippen molar-refractivity contribution in [2.75, 3.05) is 7.11 Å². The minimum absolute atomic E-state index is 0.141. The number of ether oxygens (including phenoxy) is 1. The fourth-order valence-electron chi connectivity index (χ4n) is 1.30. The van der Waals surface area contributed by atoms with Crippen molar-refractivity contribution in [3.63, 3.8) is 0 Å². The smallest absolute Gasteiger partial charge is 0.323 e. The number of hydrogen-bond donors (Lipinski definition) is 1. The molecule has 1 fully saturated rings. The molecule has 0 aliphatic heterocycles. The summed E-state index contributed by atoms with van der Waals surface area (Å²) in [6.07, 6.45) is 4.03. The highest BCUT2D eigenvalue weighted by molar-refractivity contribution is 5.76. The van der Waals surface area contributed by atoms with Crippen LogP contribution >= 0.6 is 0 Å². The first-order chi connectivity index (χ1) is 6.19. The van der Waals surface area contributed by atoms with E-state index in [4.69, 9.17) is 4.74 Å². The Hall–Kier alpha value is -0.830. The van der Waals surface area contributed by atoms with E-state index >= 15 is 0 Å². The van der Waals surface area contributed by atoms with Crippen LogP contribution in [0.2, 0.25) is 0 Å². The van der Waals surface area contributed by atoms with E-state index in [2.05, 4.69) is 11.9 Å². The molecular formula is C10H17NO2. The molecule has 0 aromatic heterocycles. The molecule has 2 unspecified atom stereocenters. The molecule has 3 nitrogen and oxygen atoms in total. The van der Waals surface area contributed by atoms with Gasteiger partial charge in [-0.05, 0) is 25.7 Å². The zero-order chi connectivity index (χ0) is 9.84. The minimum atomic E-state index is -0.156. The molecule has 0 amide bonds. The van der Waals surface area contributed by atoms with Crippen LogP contribution in [0.15, 0.2) is 12.7 Å². The van der Waals surface area contributed by atoms with Gasteiger partial charge < -0.3 is 4.74 Å². The summed E-state index contributed by atoms with van der Waals surface area (Å²) in [6.45, 7) is 5.64. The Morgan fingerprint density at radius 3 is 2.69 bits per heavy atom. The van der Waals surface area contributed by atoms with Crippen LogP contribution in [0, 0.1) is 5.92 Å². The number of carbonyl (C=O) groups excluding carboxylic acids is 1. The maximum Gasteiger partial charge on any atom is 0.323 e. The molecule has 13 heavy (non-hydrogen) atoms. The van der Waals surface area contributed by atoms with Crippen molar-refractivity contribution in [1.82, 2.24) is 5.32 Å². The van der Waals surface area contributed by atoms with Crippen molar-refractivity contribution in [3.05, 3.63) is 12.7 Å². The predicted octanol–water partition coefficient (Wildman–Crippen LogP) is 1.10. The van der Waals surface area contributed by atoms with Crippen molar-refractivity contribution in [1.29, 1.82) is 0 Å². The van der Waals surface area contributed by atoms with Crippen molar-refractivity contribution < 1.29 is 9.53 Å². The molecule has 0 aromatic rings. The molecule has 1 aliphatic rings. The van der Waals surface area contributed by atoms with Gasteiger partial charge in [-0.15, -0.1) is 6.58 Å². The summed E-state index contributed by atoms with van der Waals surface area (Å²) < 4.78 is 4.72. The molecule has 1 rings (SSSR count). The Morgan fingerprint density at radius 1 is 1.69 bits per heavy atom. The van der Waals surface area contributed by atoms with Gasteiger partial charge in [-0.1, -0.05) is 6.08 Å². The van der Waals surface area contributed by atoms with Gasteiger partial charge in [0, 0.05) is 6.04 Å². The van der Waals surface area contributed by atoms with Crippen LogP contribution in [0.1, 0.15) is 19.8 Å². The van der Waals surface area contributed by atoms with E-state index in [1.54, 1.807) is 6.08 Å². The first kappa shape index (κ1) is 10.3. The van der Waals surface area contributed by atoms with Gasteiger partial charge in [-0.3, -0.25) is 10.1 Å². The Bertz CT molecular complexity index is 199. The monoisotopic (exact) mass is 183 g/mol. The van der Waals surface area contributed by atoms with Gasteiger partial charge in [0.15, 0.2) is 0 Å². The van der Waals surface area contributed by atoms with E-state index in [-0.39, 0.29) is 18.1 Å². The Morgan fingerprint density at radius 2 is 2.31 bits per heavy atom. The molecular weight excluding hydrogens is 166 g/mol. The molecule has 0 saturated heterocycles. The molecule has 1 aliphatic carbocycles. The molecule has 0 heterocycles. The molecule has 0 aromatic carbocycles. The van der Waals surface area contributed by atoms with Crippen LogP contribution in [0.5, 0.6) is 0 Å². The largest absolute Gasteiger partial charge is 0.468 e. The van der Waals surface area contributed by atoms with Gasteiger partial charge in [0.05, 0.1) is 7.11 Å². The summed E-state index contributed by atoms with van der Waals surface area (Å²) in [4.78, 5) is 11.3. The third kappa shape index (κ3) is 2.84. The SMILES string of the molecule is C=CC(C)NC(C(=O)OC)C1CC1. The molecule has 0 radical (unpaired) electrons. The summed E-state index contributed by atoms with van der Waals surface area (Å²) in [5.74, 6) is 0.311. The predicted molar refractivity (Wildman–Crippen MR) is 51.3 cm³/mol. The maximum atomic E-state index is 11.3. The zero-order valence-electron chi connectivity index (χ0n) is 8.25. The van der Waals surface area contributed by atoms with Gasteiger partial charge in [-0.25, -0.2) is 0 Å². The summed E-state index contributed by atoms with van der Waals surface area (Å²) in [7, 11) is 1.43. The molecule has 1 N–H and O–H groups in total. The van der Waals surface area contributed by atoms with E-state index in [0.29, 0.717) is 5.92 Å². The third-order valence-electron chi connectivity index (χ3n) is 2.34. The summed E-state index contributed by atoms with van der Waals surface area (Å²) in [5, 5.41) is 3.19. The van der Waals surface area contributed by atoms with Crippen LogP contribution in [-0.4, -0.2) is 25.2 Å². The van der Waals surface area contributed by atoms with Crippen LogP contribution < -0.4 is 5.32 Å². The van der Waals surface area contributed by atoms with E-state index in [1.165, 1.54) is 7.11 Å². The fraction of sp³-hybridized carbons (Fsp3) is 0.700. The van der Waals surface area contributed by atoms with Gasteiger partial charge in [0.25, 0.3) is 0 Å². The lowest BCUT2D eigenvalue weighted by Gasteiger charge is -2.18. The second kappa shape index (κ2) is 4.42. The molecule has 3 heteroatoms. The van der Waals surface area contributed by atoms with Crippen LogP contribution in [0.25, 0.3) is 0 Å². The lowest BCUT2D eigenvalue weighted by atomic mass is 10.1. The first-order valence-electron chi connectivity index (χ1n) is 4.65. The minimum Gasteiger partial charge on any atom is -0.468 e. The van der Waals surface area contributed by atoms with Crippen LogP contribution in [0.4, 0.5) is 0 Å². The van der Waals surface area contributed by atoms with Crippen molar-refractivity contribution >= 4 is 5.97 Å².